The second-order valence-electron chi connectivity index (χ2n) is 8.64. The van der Waals surface area contributed by atoms with Gasteiger partial charge < -0.3 is 25.8 Å². The van der Waals surface area contributed by atoms with Crippen LogP contribution < -0.4 is 30.7 Å². The molecular formula is C26H30F3N7O3S. The highest BCUT2D eigenvalue weighted by Crippen LogP contribution is 2.22. The highest BCUT2D eigenvalue weighted by atomic mass is 32.1. The van der Waals surface area contributed by atoms with Crippen molar-refractivity contribution >= 4 is 51.5 Å². The van der Waals surface area contributed by atoms with Crippen LogP contribution in [0.15, 0.2) is 29.2 Å². The lowest BCUT2D eigenvalue weighted by atomic mass is 10.1. The molecule has 0 aliphatic heterocycles. The molecule has 14 heteroatoms. The number of aromatic nitrogens is 2. The Balaban J connectivity index is 1.88. The van der Waals surface area contributed by atoms with Crippen LogP contribution in [0.5, 0.6) is 0 Å². The van der Waals surface area contributed by atoms with Crippen molar-refractivity contribution in [2.45, 2.75) is 33.5 Å². The third-order valence-electron chi connectivity index (χ3n) is 6.13. The van der Waals surface area contributed by atoms with Crippen molar-refractivity contribution in [2.24, 2.45) is 0 Å². The third-order valence-corrected chi connectivity index (χ3v) is 7.26. The maximum Gasteiger partial charge on any atom is 0.405 e. The van der Waals surface area contributed by atoms with Gasteiger partial charge in [-0.05, 0) is 38.2 Å². The Kier molecular flexibility index (Phi) is 10.1. The zero-order chi connectivity index (χ0) is 29.4. The fourth-order valence-electron chi connectivity index (χ4n) is 3.97. The fourth-order valence-corrected chi connectivity index (χ4v) is 5.05. The molecular weight excluding hydrogens is 547 g/mol. The van der Waals surface area contributed by atoms with Gasteiger partial charge in [-0.2, -0.15) is 18.4 Å². The van der Waals surface area contributed by atoms with Gasteiger partial charge in [-0.3, -0.25) is 19.0 Å². The summed E-state index contributed by atoms with van der Waals surface area (Å²) >= 11 is 0.809. The number of fused-ring (bicyclic) bond motifs is 1. The SMILES string of the molecule is CCN(CC)CCNC(=O)c1c[nH]c2ccc(NC=c3s/c(=C(/C#N)C(=O)NCC(F)(F)F)n(CC)c3=O)cc12. The lowest BCUT2D eigenvalue weighted by molar-refractivity contribution is -0.135. The number of carbonyl (C=O) groups excluding carboxylic acids is 2. The van der Waals surface area contributed by atoms with E-state index in [-0.39, 0.29) is 21.6 Å². The van der Waals surface area contributed by atoms with Gasteiger partial charge in [0.25, 0.3) is 17.4 Å². The van der Waals surface area contributed by atoms with E-state index in [1.807, 2.05) is 0 Å². The summed E-state index contributed by atoms with van der Waals surface area (Å²) < 4.78 is 38.8. The molecule has 0 saturated heterocycles. The minimum atomic E-state index is -4.65. The number of amides is 2. The highest BCUT2D eigenvalue weighted by Gasteiger charge is 2.29. The second-order valence-corrected chi connectivity index (χ2v) is 9.67. The number of rotatable bonds is 11. The molecule has 0 fully saturated rings. The molecule has 0 unspecified atom stereocenters. The molecule has 0 bridgehead atoms. The first-order chi connectivity index (χ1) is 19.0. The average Bonchev–Trinajstić information content (AvgIpc) is 3.49. The Morgan fingerprint density at radius 1 is 1.20 bits per heavy atom. The molecule has 0 aliphatic carbocycles. The normalized spacial score (nSPS) is 12.9. The van der Waals surface area contributed by atoms with E-state index in [0.29, 0.717) is 23.2 Å². The first-order valence-electron chi connectivity index (χ1n) is 12.6. The number of carbonyl (C=O) groups is 2. The monoisotopic (exact) mass is 577 g/mol. The number of aromatic amines is 1. The smallest absolute Gasteiger partial charge is 0.360 e. The van der Waals surface area contributed by atoms with Crippen LogP contribution in [-0.2, 0) is 11.3 Å². The predicted octanol–water partition coefficient (Wildman–Crippen LogP) is 1.69. The number of nitrogens with zero attached hydrogens (tertiary/aromatic N) is 3. The van der Waals surface area contributed by atoms with Crippen LogP contribution in [0.1, 0.15) is 31.1 Å². The Morgan fingerprint density at radius 2 is 1.93 bits per heavy atom. The molecule has 2 heterocycles. The Bertz CT molecular complexity index is 1590. The van der Waals surface area contributed by atoms with Gasteiger partial charge in [0.15, 0.2) is 5.57 Å². The average molecular weight is 578 g/mol. The number of anilines is 1. The lowest BCUT2D eigenvalue weighted by Crippen LogP contribution is -2.37. The molecule has 3 rings (SSSR count). The number of H-pyrrole nitrogens is 1. The van der Waals surface area contributed by atoms with E-state index in [1.54, 1.807) is 42.7 Å². The summed E-state index contributed by atoms with van der Waals surface area (Å²) in [6.45, 7) is 7.24. The maximum atomic E-state index is 12.9. The molecule has 2 amide bonds. The quantitative estimate of drug-likeness (QED) is 0.274. The van der Waals surface area contributed by atoms with Gasteiger partial charge in [0.1, 0.15) is 21.8 Å². The van der Waals surface area contributed by atoms with E-state index in [1.165, 1.54) is 6.20 Å². The summed E-state index contributed by atoms with van der Waals surface area (Å²) in [5.41, 5.74) is 0.669. The van der Waals surface area contributed by atoms with Gasteiger partial charge in [0.2, 0.25) is 0 Å². The van der Waals surface area contributed by atoms with Crippen molar-refractivity contribution in [1.29, 1.82) is 5.26 Å². The summed E-state index contributed by atoms with van der Waals surface area (Å²) in [5, 5.41) is 17.7. The molecule has 214 valence electrons. The molecule has 0 aliphatic rings. The number of thiazole rings is 1. The summed E-state index contributed by atoms with van der Waals surface area (Å²) in [6.07, 6.45) is -1.63. The molecule has 2 aromatic heterocycles. The largest absolute Gasteiger partial charge is 0.405 e. The van der Waals surface area contributed by atoms with E-state index < -0.39 is 29.8 Å². The maximum absolute atomic E-state index is 12.9. The second kappa shape index (κ2) is 13.3. The highest BCUT2D eigenvalue weighted by molar-refractivity contribution is 7.07. The predicted molar refractivity (Wildman–Crippen MR) is 148 cm³/mol. The van der Waals surface area contributed by atoms with Crippen molar-refractivity contribution in [3.63, 3.8) is 0 Å². The molecule has 1 aromatic carbocycles. The van der Waals surface area contributed by atoms with Crippen molar-refractivity contribution in [3.05, 3.63) is 49.5 Å². The van der Waals surface area contributed by atoms with Crippen LogP contribution in [0.3, 0.4) is 0 Å². The Labute approximate surface area is 231 Å². The van der Waals surface area contributed by atoms with Gasteiger partial charge >= 0.3 is 6.18 Å². The number of alkyl halides is 3. The first-order valence-corrected chi connectivity index (χ1v) is 13.4. The number of likely N-dealkylation sites (N-methyl/N-ethyl adjacent to an activating group) is 1. The number of nitriles is 1. The minimum Gasteiger partial charge on any atom is -0.360 e. The van der Waals surface area contributed by atoms with Crippen LogP contribution in [0, 0.1) is 11.3 Å². The number of benzene rings is 1. The van der Waals surface area contributed by atoms with Crippen molar-refractivity contribution in [2.75, 3.05) is 38.0 Å². The van der Waals surface area contributed by atoms with Gasteiger partial charge in [-0.25, -0.2) is 0 Å². The molecule has 4 N–H and O–H groups in total. The zero-order valence-electron chi connectivity index (χ0n) is 22.2. The van der Waals surface area contributed by atoms with E-state index in [0.717, 1.165) is 41.1 Å². The van der Waals surface area contributed by atoms with Crippen molar-refractivity contribution in [3.8, 4) is 6.07 Å². The van der Waals surface area contributed by atoms with Gasteiger partial charge in [0.05, 0.1) is 5.56 Å². The molecule has 40 heavy (non-hydrogen) atoms. The van der Waals surface area contributed by atoms with Gasteiger partial charge in [0, 0.05) is 48.6 Å². The number of nitrogens with one attached hydrogen (secondary N) is 4. The fraction of sp³-hybridized carbons (Fsp3) is 0.385. The molecule has 10 nitrogen and oxygen atoms in total. The molecule has 0 saturated carbocycles. The number of hydrogen-bond donors (Lipinski definition) is 4. The van der Waals surface area contributed by atoms with E-state index in [4.69, 9.17) is 0 Å². The Morgan fingerprint density at radius 3 is 2.55 bits per heavy atom. The van der Waals surface area contributed by atoms with Crippen LogP contribution in [0.25, 0.3) is 22.7 Å². The zero-order valence-corrected chi connectivity index (χ0v) is 23.1. The van der Waals surface area contributed by atoms with Crippen LogP contribution in [0.4, 0.5) is 18.9 Å². The summed E-state index contributed by atoms with van der Waals surface area (Å²) in [7, 11) is 0. The molecule has 0 atom stereocenters. The molecule has 3 aromatic rings. The van der Waals surface area contributed by atoms with Gasteiger partial charge in [-0.15, -0.1) is 11.3 Å². The molecule has 0 spiro atoms. The summed E-state index contributed by atoms with van der Waals surface area (Å²) in [5.74, 6) is -1.44. The summed E-state index contributed by atoms with van der Waals surface area (Å²) in [6, 6.07) is 6.87. The topological polar surface area (TPSA) is 135 Å². The van der Waals surface area contributed by atoms with E-state index in [9.17, 15) is 32.8 Å². The summed E-state index contributed by atoms with van der Waals surface area (Å²) in [4.78, 5) is 43.2. The first kappa shape index (κ1) is 30.5. The van der Waals surface area contributed by atoms with Crippen LogP contribution >= 0.6 is 11.3 Å². The van der Waals surface area contributed by atoms with Crippen molar-refractivity contribution < 1.29 is 22.8 Å². The van der Waals surface area contributed by atoms with E-state index >= 15 is 0 Å². The van der Waals surface area contributed by atoms with Crippen LogP contribution in [0.2, 0.25) is 0 Å². The standard InChI is InChI=1S/C26H30F3N7O3S/c1-4-35(5-2)10-9-31-23(38)19-13-33-20-8-7-16(11-17(19)20)32-14-21-24(39)36(6-3)25(40-21)18(12-30)22(37)34-15-26(27,28)29/h7-8,11,13-14,32-33H,4-6,9-10,15H2,1-3H3,(H,31,38)(H,34,37)/b21-14?,25-18-. The van der Waals surface area contributed by atoms with Gasteiger partial charge in [-0.1, -0.05) is 13.8 Å². The minimum absolute atomic E-state index is 0.0486. The van der Waals surface area contributed by atoms with E-state index in [2.05, 4.69) is 34.4 Å². The molecule has 0 radical (unpaired) electrons. The number of halogens is 3. The number of hydrogen-bond acceptors (Lipinski definition) is 7. The Hall–Kier alpha value is -4.09. The van der Waals surface area contributed by atoms with Crippen molar-refractivity contribution in [1.82, 2.24) is 25.1 Å². The third kappa shape index (κ3) is 7.30. The lowest BCUT2D eigenvalue weighted by Gasteiger charge is -2.17. The van der Waals surface area contributed by atoms with Crippen LogP contribution in [-0.4, -0.2) is 65.2 Å².